The molecule has 18 heavy (non-hydrogen) atoms. The van der Waals surface area contributed by atoms with Crippen LogP contribution in [0.15, 0.2) is 28.8 Å². The van der Waals surface area contributed by atoms with Crippen molar-refractivity contribution in [2.24, 2.45) is 5.73 Å². The standard InChI is InChI=1S/C12H14ClN3O2/c1-17-10(7-14)12-15-11(16-18-12)6-8-2-4-9(13)5-3-8/h2-5,10H,6-7,14H2,1H3. The van der Waals surface area contributed by atoms with Gasteiger partial charge < -0.3 is 15.0 Å². The number of methoxy groups -OCH3 is 1. The van der Waals surface area contributed by atoms with Gasteiger partial charge in [0.25, 0.3) is 5.89 Å². The van der Waals surface area contributed by atoms with Crippen molar-refractivity contribution in [3.05, 3.63) is 46.6 Å². The van der Waals surface area contributed by atoms with Gasteiger partial charge >= 0.3 is 0 Å². The van der Waals surface area contributed by atoms with Crippen LogP contribution in [0.2, 0.25) is 5.02 Å². The van der Waals surface area contributed by atoms with Gasteiger partial charge in [0.1, 0.15) is 6.10 Å². The lowest BCUT2D eigenvalue weighted by Gasteiger charge is -2.05. The zero-order chi connectivity index (χ0) is 13.0. The van der Waals surface area contributed by atoms with E-state index in [0.717, 1.165) is 5.56 Å². The van der Waals surface area contributed by atoms with Crippen molar-refractivity contribution in [2.75, 3.05) is 13.7 Å². The first-order valence-corrected chi connectivity index (χ1v) is 5.90. The maximum atomic E-state index is 5.82. The summed E-state index contributed by atoms with van der Waals surface area (Å²) in [7, 11) is 1.56. The monoisotopic (exact) mass is 267 g/mol. The topological polar surface area (TPSA) is 74.2 Å². The molecule has 0 spiro atoms. The van der Waals surface area contributed by atoms with Gasteiger partial charge in [-0.2, -0.15) is 4.98 Å². The molecule has 1 atom stereocenters. The Labute approximate surface area is 110 Å². The number of rotatable bonds is 5. The molecule has 2 rings (SSSR count). The number of ether oxygens (including phenoxy) is 1. The summed E-state index contributed by atoms with van der Waals surface area (Å²) in [5, 5.41) is 4.60. The van der Waals surface area contributed by atoms with Crippen LogP contribution >= 0.6 is 11.6 Å². The van der Waals surface area contributed by atoms with Gasteiger partial charge in [0.05, 0.1) is 0 Å². The smallest absolute Gasteiger partial charge is 0.257 e. The minimum absolute atomic E-state index is 0.305. The molecule has 1 heterocycles. The number of aromatic nitrogens is 2. The van der Waals surface area contributed by atoms with E-state index in [1.54, 1.807) is 7.11 Å². The van der Waals surface area contributed by atoms with Gasteiger partial charge in [-0.3, -0.25) is 0 Å². The average Bonchev–Trinajstić information content (AvgIpc) is 2.82. The van der Waals surface area contributed by atoms with Crippen molar-refractivity contribution in [3.8, 4) is 0 Å². The van der Waals surface area contributed by atoms with E-state index in [2.05, 4.69) is 10.1 Å². The average molecular weight is 268 g/mol. The van der Waals surface area contributed by atoms with Crippen LogP contribution in [0.1, 0.15) is 23.4 Å². The zero-order valence-electron chi connectivity index (χ0n) is 9.97. The van der Waals surface area contributed by atoms with Crippen LogP contribution in [0.5, 0.6) is 0 Å². The fourth-order valence-electron chi connectivity index (χ4n) is 1.55. The molecule has 0 amide bonds. The Bertz CT molecular complexity index is 494. The number of hydrogen-bond acceptors (Lipinski definition) is 5. The second-order valence-corrected chi connectivity index (χ2v) is 4.25. The van der Waals surface area contributed by atoms with Crippen LogP contribution < -0.4 is 5.73 Å². The minimum Gasteiger partial charge on any atom is -0.370 e. The molecule has 5 nitrogen and oxygen atoms in total. The van der Waals surface area contributed by atoms with Gasteiger partial charge in [-0.15, -0.1) is 0 Å². The van der Waals surface area contributed by atoms with Crippen molar-refractivity contribution >= 4 is 11.6 Å². The molecule has 0 aliphatic rings. The lowest BCUT2D eigenvalue weighted by atomic mass is 10.1. The molecule has 1 aromatic carbocycles. The van der Waals surface area contributed by atoms with Crippen LogP contribution in [-0.4, -0.2) is 23.8 Å². The maximum absolute atomic E-state index is 5.82. The highest BCUT2D eigenvalue weighted by molar-refractivity contribution is 6.30. The van der Waals surface area contributed by atoms with E-state index in [0.29, 0.717) is 29.7 Å². The quantitative estimate of drug-likeness (QED) is 0.896. The maximum Gasteiger partial charge on any atom is 0.257 e. The van der Waals surface area contributed by atoms with Gasteiger partial charge in [-0.05, 0) is 17.7 Å². The third-order valence-corrected chi connectivity index (χ3v) is 2.79. The van der Waals surface area contributed by atoms with E-state index in [-0.39, 0.29) is 6.10 Å². The predicted molar refractivity (Wildman–Crippen MR) is 67.4 cm³/mol. The van der Waals surface area contributed by atoms with Gasteiger partial charge in [0.15, 0.2) is 5.82 Å². The van der Waals surface area contributed by atoms with Crippen molar-refractivity contribution < 1.29 is 9.26 Å². The van der Waals surface area contributed by atoms with Gasteiger partial charge in [-0.25, -0.2) is 0 Å². The van der Waals surface area contributed by atoms with E-state index in [1.165, 1.54) is 0 Å². The summed E-state index contributed by atoms with van der Waals surface area (Å²) >= 11 is 5.82. The van der Waals surface area contributed by atoms with Gasteiger partial charge in [0.2, 0.25) is 0 Å². The van der Waals surface area contributed by atoms with Crippen molar-refractivity contribution in [1.82, 2.24) is 10.1 Å². The Morgan fingerprint density at radius 3 is 2.72 bits per heavy atom. The molecule has 1 unspecified atom stereocenters. The molecule has 1 aromatic heterocycles. The van der Waals surface area contributed by atoms with E-state index in [1.807, 2.05) is 24.3 Å². The molecular weight excluding hydrogens is 254 g/mol. The third-order valence-electron chi connectivity index (χ3n) is 2.53. The lowest BCUT2D eigenvalue weighted by Crippen LogP contribution is -2.14. The molecular formula is C12H14ClN3O2. The van der Waals surface area contributed by atoms with Gasteiger partial charge in [-0.1, -0.05) is 28.9 Å². The summed E-state index contributed by atoms with van der Waals surface area (Å²) in [5.41, 5.74) is 6.59. The number of halogens is 1. The summed E-state index contributed by atoms with van der Waals surface area (Å²) in [5.74, 6) is 1.01. The molecule has 0 aliphatic heterocycles. The number of nitrogens with zero attached hydrogens (tertiary/aromatic N) is 2. The van der Waals surface area contributed by atoms with Crippen molar-refractivity contribution in [3.63, 3.8) is 0 Å². The molecule has 6 heteroatoms. The summed E-state index contributed by atoms with van der Waals surface area (Å²) in [6.45, 7) is 0.305. The van der Waals surface area contributed by atoms with E-state index in [4.69, 9.17) is 26.6 Å². The summed E-state index contributed by atoms with van der Waals surface area (Å²) in [6.07, 6.45) is 0.235. The number of nitrogens with two attached hydrogens (primary N) is 1. The fourth-order valence-corrected chi connectivity index (χ4v) is 1.68. The molecule has 2 aromatic rings. The molecule has 0 saturated heterocycles. The highest BCUT2D eigenvalue weighted by Crippen LogP contribution is 2.15. The largest absolute Gasteiger partial charge is 0.370 e. The first-order chi connectivity index (χ1) is 8.72. The van der Waals surface area contributed by atoms with Crippen molar-refractivity contribution in [1.29, 1.82) is 0 Å². The Hall–Kier alpha value is -1.43. The van der Waals surface area contributed by atoms with Crippen LogP contribution in [0.4, 0.5) is 0 Å². The van der Waals surface area contributed by atoms with E-state index in [9.17, 15) is 0 Å². The van der Waals surface area contributed by atoms with Crippen LogP contribution in [0.3, 0.4) is 0 Å². The van der Waals surface area contributed by atoms with E-state index < -0.39 is 0 Å². The molecule has 96 valence electrons. The first kappa shape index (κ1) is 13.0. The molecule has 0 saturated carbocycles. The normalized spacial score (nSPS) is 12.6. The highest BCUT2D eigenvalue weighted by atomic mass is 35.5. The zero-order valence-corrected chi connectivity index (χ0v) is 10.7. The minimum atomic E-state index is -0.350. The second kappa shape index (κ2) is 5.95. The highest BCUT2D eigenvalue weighted by Gasteiger charge is 2.16. The predicted octanol–water partition coefficient (Wildman–Crippen LogP) is 1.96. The summed E-state index contributed by atoms with van der Waals surface area (Å²) in [6, 6.07) is 7.51. The molecule has 0 bridgehead atoms. The Morgan fingerprint density at radius 1 is 1.39 bits per heavy atom. The fraction of sp³-hybridized carbons (Fsp3) is 0.333. The van der Waals surface area contributed by atoms with Gasteiger partial charge in [0, 0.05) is 25.1 Å². The van der Waals surface area contributed by atoms with Crippen LogP contribution in [-0.2, 0) is 11.2 Å². The van der Waals surface area contributed by atoms with E-state index >= 15 is 0 Å². The molecule has 2 N–H and O–H groups in total. The lowest BCUT2D eigenvalue weighted by molar-refractivity contribution is 0.0804. The number of hydrogen-bond donors (Lipinski definition) is 1. The number of benzene rings is 1. The first-order valence-electron chi connectivity index (χ1n) is 5.52. The SMILES string of the molecule is COC(CN)c1nc(Cc2ccc(Cl)cc2)no1. The second-order valence-electron chi connectivity index (χ2n) is 3.81. The van der Waals surface area contributed by atoms with Crippen LogP contribution in [0.25, 0.3) is 0 Å². The Balaban J connectivity index is 2.08. The molecule has 0 aliphatic carbocycles. The summed E-state index contributed by atoms with van der Waals surface area (Å²) < 4.78 is 10.2. The Kier molecular flexibility index (Phi) is 4.30. The Morgan fingerprint density at radius 2 is 2.11 bits per heavy atom. The molecule has 0 fully saturated rings. The van der Waals surface area contributed by atoms with Crippen LogP contribution in [0, 0.1) is 0 Å². The summed E-state index contributed by atoms with van der Waals surface area (Å²) in [4.78, 5) is 4.25. The third kappa shape index (κ3) is 3.07. The van der Waals surface area contributed by atoms with Crippen molar-refractivity contribution in [2.45, 2.75) is 12.5 Å². The molecule has 0 radical (unpaired) electrons.